The Kier molecular flexibility index (Phi) is 4.41. The molecule has 0 saturated carbocycles. The number of benzene rings is 3. The highest BCUT2D eigenvalue weighted by Gasteiger charge is 2.24. The first-order valence-electron chi connectivity index (χ1n) is 9.69. The Labute approximate surface area is 178 Å². The second kappa shape index (κ2) is 7.38. The molecule has 0 saturated heterocycles. The van der Waals surface area contributed by atoms with Gasteiger partial charge in [0, 0.05) is 23.0 Å². The fraction of sp³-hybridized carbons (Fsp3) is 0. The van der Waals surface area contributed by atoms with Crippen LogP contribution in [0.5, 0.6) is 11.5 Å². The zero-order valence-electron chi connectivity index (χ0n) is 16.5. The van der Waals surface area contributed by atoms with Gasteiger partial charge in [-0.2, -0.15) is 5.10 Å². The molecule has 0 unspecified atom stereocenters. The van der Waals surface area contributed by atoms with Crippen molar-refractivity contribution in [3.63, 3.8) is 0 Å². The number of anilines is 1. The summed E-state index contributed by atoms with van der Waals surface area (Å²) in [5.74, 6) is 0.855. The molecule has 0 spiro atoms. The van der Waals surface area contributed by atoms with Crippen LogP contribution in [0.4, 0.5) is 5.69 Å². The van der Waals surface area contributed by atoms with Crippen LogP contribution in [0, 0.1) is 0 Å². The molecule has 1 amide bonds. The number of amides is 1. The number of ether oxygens (including phenoxy) is 1. The van der Waals surface area contributed by atoms with Gasteiger partial charge in [-0.25, -0.2) is 4.52 Å². The van der Waals surface area contributed by atoms with E-state index in [0.717, 1.165) is 17.0 Å². The van der Waals surface area contributed by atoms with Crippen molar-refractivity contribution in [2.45, 2.75) is 0 Å². The van der Waals surface area contributed by atoms with Gasteiger partial charge >= 0.3 is 0 Å². The molecule has 5 rings (SSSR count). The van der Waals surface area contributed by atoms with E-state index in [0.29, 0.717) is 28.5 Å². The lowest BCUT2D eigenvalue weighted by atomic mass is 10.1. The van der Waals surface area contributed by atoms with Gasteiger partial charge < -0.3 is 16.2 Å². The number of imidazole rings is 1. The molecule has 0 atom stereocenters. The highest BCUT2D eigenvalue weighted by Crippen LogP contribution is 2.33. The van der Waals surface area contributed by atoms with E-state index in [1.807, 2.05) is 89.5 Å². The van der Waals surface area contributed by atoms with E-state index in [1.165, 1.54) is 0 Å². The summed E-state index contributed by atoms with van der Waals surface area (Å²) < 4.78 is 9.37. The number of carbonyl (C=O) groups excluding carboxylic acids is 1. The fourth-order valence-electron chi connectivity index (χ4n) is 3.68. The molecule has 0 radical (unpaired) electrons. The number of hydrogen-bond acceptors (Lipinski definition) is 4. The lowest BCUT2D eigenvalue weighted by Gasteiger charge is -2.12. The standard InChI is InChI=1S/C24H19N5O2/c25-17-5-4-6-18(15-17)28-21-13-14-27-29(21)23(24(26)30)22(28)16-9-11-20(12-10-16)31-19-7-2-1-3-8-19/h1-15H,25H2,(H2,26,30). The highest BCUT2D eigenvalue weighted by atomic mass is 16.5. The topological polar surface area (TPSA) is 101 Å². The summed E-state index contributed by atoms with van der Waals surface area (Å²) in [6.45, 7) is 0. The molecule has 0 bridgehead atoms. The van der Waals surface area contributed by atoms with Gasteiger partial charge in [0.05, 0.1) is 11.9 Å². The van der Waals surface area contributed by atoms with Gasteiger partial charge in [0.25, 0.3) is 5.91 Å². The molecule has 7 nitrogen and oxygen atoms in total. The molecule has 0 aliphatic rings. The number of rotatable bonds is 5. The van der Waals surface area contributed by atoms with Gasteiger partial charge in [-0.15, -0.1) is 0 Å². The van der Waals surface area contributed by atoms with Crippen molar-refractivity contribution < 1.29 is 9.53 Å². The van der Waals surface area contributed by atoms with Crippen molar-refractivity contribution in [3.05, 3.63) is 96.8 Å². The second-order valence-electron chi connectivity index (χ2n) is 7.03. The van der Waals surface area contributed by atoms with Crippen LogP contribution in [-0.4, -0.2) is 20.1 Å². The SMILES string of the molecule is NC(=O)c1c(-c2ccc(Oc3ccccc3)cc2)n(-c2cccc(N)c2)c2ccnn12. The van der Waals surface area contributed by atoms with E-state index in [1.54, 1.807) is 10.7 Å². The van der Waals surface area contributed by atoms with Gasteiger partial charge in [-0.3, -0.25) is 9.36 Å². The zero-order chi connectivity index (χ0) is 21.4. The molecule has 5 aromatic rings. The Balaban J connectivity index is 1.67. The van der Waals surface area contributed by atoms with E-state index < -0.39 is 5.91 Å². The third-order valence-corrected chi connectivity index (χ3v) is 4.98. The number of nitrogen functional groups attached to an aromatic ring is 1. The Morgan fingerprint density at radius 2 is 1.61 bits per heavy atom. The Bertz CT molecular complexity index is 1390. The molecular weight excluding hydrogens is 390 g/mol. The maximum atomic E-state index is 12.4. The summed E-state index contributed by atoms with van der Waals surface area (Å²) in [7, 11) is 0. The molecular formula is C24H19N5O2. The third kappa shape index (κ3) is 3.28. The van der Waals surface area contributed by atoms with Gasteiger partial charge in [-0.1, -0.05) is 24.3 Å². The summed E-state index contributed by atoms with van der Waals surface area (Å²) in [6, 6.07) is 26.3. The lowest BCUT2D eigenvalue weighted by molar-refractivity contribution is 0.0994. The molecule has 7 heteroatoms. The predicted octanol–water partition coefficient (Wildman–Crippen LogP) is 4.27. The number of primary amides is 1. The van der Waals surface area contributed by atoms with Crippen LogP contribution < -0.4 is 16.2 Å². The Hall–Kier alpha value is -4.52. The van der Waals surface area contributed by atoms with Crippen molar-refractivity contribution in [1.82, 2.24) is 14.2 Å². The summed E-state index contributed by atoms with van der Waals surface area (Å²) in [6.07, 6.45) is 1.63. The van der Waals surface area contributed by atoms with Crippen LogP contribution in [0.2, 0.25) is 0 Å². The van der Waals surface area contributed by atoms with E-state index in [9.17, 15) is 4.79 Å². The van der Waals surface area contributed by atoms with Gasteiger partial charge in [0.1, 0.15) is 17.1 Å². The van der Waals surface area contributed by atoms with Crippen molar-refractivity contribution in [1.29, 1.82) is 0 Å². The normalized spacial score (nSPS) is 11.0. The van der Waals surface area contributed by atoms with Crippen molar-refractivity contribution in [3.8, 4) is 28.4 Å². The summed E-state index contributed by atoms with van der Waals surface area (Å²) in [5.41, 5.74) is 15.6. The quantitative estimate of drug-likeness (QED) is 0.423. The molecule has 0 fully saturated rings. The molecule has 2 aromatic heterocycles. The number of para-hydroxylation sites is 1. The van der Waals surface area contributed by atoms with Crippen LogP contribution in [0.25, 0.3) is 22.6 Å². The maximum Gasteiger partial charge on any atom is 0.269 e. The van der Waals surface area contributed by atoms with Crippen LogP contribution in [0.1, 0.15) is 10.5 Å². The predicted molar refractivity (Wildman–Crippen MR) is 119 cm³/mol. The van der Waals surface area contributed by atoms with Crippen molar-refractivity contribution in [2.24, 2.45) is 5.73 Å². The average Bonchev–Trinajstić information content (AvgIpc) is 3.35. The van der Waals surface area contributed by atoms with Crippen LogP contribution in [0.3, 0.4) is 0 Å². The number of nitrogens with two attached hydrogens (primary N) is 2. The highest BCUT2D eigenvalue weighted by molar-refractivity contribution is 5.99. The Morgan fingerprint density at radius 1 is 0.871 bits per heavy atom. The van der Waals surface area contributed by atoms with Crippen LogP contribution in [0.15, 0.2) is 91.1 Å². The van der Waals surface area contributed by atoms with Crippen molar-refractivity contribution >= 4 is 17.2 Å². The molecule has 4 N–H and O–H groups in total. The first-order chi connectivity index (χ1) is 15.1. The first-order valence-corrected chi connectivity index (χ1v) is 9.69. The maximum absolute atomic E-state index is 12.4. The summed E-state index contributed by atoms with van der Waals surface area (Å²) in [5, 5.41) is 4.31. The number of hydrogen-bond donors (Lipinski definition) is 2. The first kappa shape index (κ1) is 18.5. The largest absolute Gasteiger partial charge is 0.457 e. The number of fused-ring (bicyclic) bond motifs is 1. The lowest BCUT2D eigenvalue weighted by Crippen LogP contribution is -2.15. The molecule has 0 aliphatic carbocycles. The summed E-state index contributed by atoms with van der Waals surface area (Å²) in [4.78, 5) is 12.4. The average molecular weight is 409 g/mol. The molecule has 2 heterocycles. The number of aromatic nitrogens is 3. The van der Waals surface area contributed by atoms with E-state index in [2.05, 4.69) is 5.10 Å². The summed E-state index contributed by atoms with van der Waals surface area (Å²) >= 11 is 0. The molecule has 31 heavy (non-hydrogen) atoms. The van der Waals surface area contributed by atoms with Crippen molar-refractivity contribution in [2.75, 3.05) is 5.73 Å². The molecule has 0 aliphatic heterocycles. The van der Waals surface area contributed by atoms with E-state index >= 15 is 0 Å². The fourth-order valence-corrected chi connectivity index (χ4v) is 3.68. The molecule has 152 valence electrons. The van der Waals surface area contributed by atoms with Gasteiger partial charge in [-0.05, 0) is 54.6 Å². The third-order valence-electron chi connectivity index (χ3n) is 4.98. The van der Waals surface area contributed by atoms with Gasteiger partial charge in [0.2, 0.25) is 0 Å². The van der Waals surface area contributed by atoms with E-state index in [4.69, 9.17) is 16.2 Å². The van der Waals surface area contributed by atoms with Crippen LogP contribution in [-0.2, 0) is 0 Å². The monoisotopic (exact) mass is 409 g/mol. The Morgan fingerprint density at radius 3 is 2.32 bits per heavy atom. The minimum absolute atomic E-state index is 0.291. The zero-order valence-corrected chi connectivity index (χ0v) is 16.5. The van der Waals surface area contributed by atoms with Gasteiger partial charge in [0.15, 0.2) is 5.69 Å². The minimum atomic E-state index is -0.573. The number of nitrogens with zero attached hydrogens (tertiary/aromatic N) is 3. The van der Waals surface area contributed by atoms with Crippen LogP contribution >= 0.6 is 0 Å². The van der Waals surface area contributed by atoms with E-state index in [-0.39, 0.29) is 0 Å². The minimum Gasteiger partial charge on any atom is -0.457 e. The number of carbonyl (C=O) groups is 1. The second-order valence-corrected chi connectivity index (χ2v) is 7.03. The molecule has 3 aromatic carbocycles. The smallest absolute Gasteiger partial charge is 0.269 e.